The first-order valence-electron chi connectivity index (χ1n) is 5.86. The molecule has 0 aromatic heterocycles. The summed E-state index contributed by atoms with van der Waals surface area (Å²) in [4.78, 5) is 0. The highest BCUT2D eigenvalue weighted by Gasteiger charge is 2.06. The van der Waals surface area contributed by atoms with E-state index in [0.717, 1.165) is 22.2 Å². The van der Waals surface area contributed by atoms with Gasteiger partial charge in [-0.05, 0) is 31.5 Å². The van der Waals surface area contributed by atoms with Crippen molar-refractivity contribution in [3.63, 3.8) is 0 Å². The molecule has 1 aromatic carbocycles. The number of benzene rings is 1. The Hall–Kier alpha value is -1.02. The highest BCUT2D eigenvalue weighted by Crippen LogP contribution is 2.23. The molecule has 0 aliphatic carbocycles. The van der Waals surface area contributed by atoms with Crippen molar-refractivity contribution in [1.29, 1.82) is 0 Å². The van der Waals surface area contributed by atoms with E-state index in [-0.39, 0.29) is 19.3 Å². The third kappa shape index (κ3) is 5.09. The van der Waals surface area contributed by atoms with E-state index in [1.807, 2.05) is 25.1 Å². The van der Waals surface area contributed by atoms with Crippen molar-refractivity contribution >= 4 is 15.9 Å². The van der Waals surface area contributed by atoms with Gasteiger partial charge >= 0.3 is 0 Å². The SMILES string of the molecule is C#CCOc1ccc(Br)cc1CN[C@H](C)CCO. The molecule has 0 heterocycles. The van der Waals surface area contributed by atoms with Gasteiger partial charge in [0.1, 0.15) is 12.4 Å². The van der Waals surface area contributed by atoms with Crippen molar-refractivity contribution < 1.29 is 9.84 Å². The van der Waals surface area contributed by atoms with Crippen LogP contribution in [0.1, 0.15) is 18.9 Å². The predicted octanol–water partition coefficient (Wildman–Crippen LogP) is 2.32. The molecule has 0 saturated heterocycles. The zero-order valence-corrected chi connectivity index (χ0v) is 12.0. The van der Waals surface area contributed by atoms with Gasteiger partial charge in [0.2, 0.25) is 0 Å². The fourth-order valence-electron chi connectivity index (χ4n) is 1.53. The molecule has 0 amide bonds. The van der Waals surface area contributed by atoms with Gasteiger partial charge in [0.05, 0.1) is 0 Å². The van der Waals surface area contributed by atoms with Crippen LogP contribution in [0, 0.1) is 12.3 Å². The van der Waals surface area contributed by atoms with Crippen molar-refractivity contribution in [2.75, 3.05) is 13.2 Å². The highest BCUT2D eigenvalue weighted by atomic mass is 79.9. The fourth-order valence-corrected chi connectivity index (χ4v) is 1.93. The van der Waals surface area contributed by atoms with E-state index in [4.69, 9.17) is 16.3 Å². The van der Waals surface area contributed by atoms with Crippen molar-refractivity contribution in [1.82, 2.24) is 5.32 Å². The Morgan fingerprint density at radius 3 is 3.00 bits per heavy atom. The third-order valence-corrected chi connectivity index (χ3v) is 3.03. The first-order chi connectivity index (χ1) is 8.67. The minimum atomic E-state index is 0.188. The standard InChI is InChI=1S/C14H18BrNO2/c1-3-8-18-14-5-4-13(15)9-12(14)10-16-11(2)6-7-17/h1,4-5,9,11,16-17H,6-8,10H2,2H3/t11-/m1/s1. The lowest BCUT2D eigenvalue weighted by atomic mass is 10.1. The van der Waals surface area contributed by atoms with Gasteiger partial charge < -0.3 is 15.2 Å². The molecule has 0 saturated carbocycles. The van der Waals surface area contributed by atoms with Gasteiger partial charge in [-0.1, -0.05) is 21.9 Å². The number of ether oxygens (including phenoxy) is 1. The zero-order chi connectivity index (χ0) is 13.4. The lowest BCUT2D eigenvalue weighted by Crippen LogP contribution is -2.26. The molecule has 0 spiro atoms. The van der Waals surface area contributed by atoms with Crippen LogP contribution in [-0.4, -0.2) is 24.4 Å². The van der Waals surface area contributed by atoms with E-state index in [1.54, 1.807) is 0 Å². The molecule has 1 atom stereocenters. The summed E-state index contributed by atoms with van der Waals surface area (Å²) >= 11 is 3.44. The second kappa shape index (κ2) is 8.15. The van der Waals surface area contributed by atoms with E-state index in [1.165, 1.54) is 0 Å². The lowest BCUT2D eigenvalue weighted by Gasteiger charge is -2.15. The topological polar surface area (TPSA) is 41.5 Å². The molecule has 1 rings (SSSR count). The molecule has 4 heteroatoms. The summed E-state index contributed by atoms with van der Waals surface area (Å²) in [6, 6.07) is 6.08. The highest BCUT2D eigenvalue weighted by molar-refractivity contribution is 9.10. The smallest absolute Gasteiger partial charge is 0.148 e. The Balaban J connectivity index is 2.67. The van der Waals surface area contributed by atoms with E-state index in [0.29, 0.717) is 6.54 Å². The van der Waals surface area contributed by atoms with Crippen LogP contribution in [0.15, 0.2) is 22.7 Å². The summed E-state index contributed by atoms with van der Waals surface area (Å²) in [6.07, 6.45) is 5.92. The minimum absolute atomic E-state index is 0.188. The van der Waals surface area contributed by atoms with E-state index >= 15 is 0 Å². The Morgan fingerprint density at radius 1 is 1.56 bits per heavy atom. The van der Waals surface area contributed by atoms with Gasteiger partial charge in [0.25, 0.3) is 0 Å². The van der Waals surface area contributed by atoms with Crippen LogP contribution in [0.5, 0.6) is 5.75 Å². The number of hydrogen-bond acceptors (Lipinski definition) is 3. The second-order valence-electron chi connectivity index (χ2n) is 4.04. The number of terminal acetylenes is 1. The predicted molar refractivity (Wildman–Crippen MR) is 76.5 cm³/mol. The van der Waals surface area contributed by atoms with Crippen molar-refractivity contribution in [3.05, 3.63) is 28.2 Å². The molecule has 0 aliphatic heterocycles. The molecule has 0 fully saturated rings. The molecule has 0 aliphatic rings. The van der Waals surface area contributed by atoms with Crippen molar-refractivity contribution in [3.8, 4) is 18.1 Å². The molecular weight excluding hydrogens is 294 g/mol. The van der Waals surface area contributed by atoms with Crippen LogP contribution >= 0.6 is 15.9 Å². The van der Waals surface area contributed by atoms with Crippen LogP contribution in [0.25, 0.3) is 0 Å². The van der Waals surface area contributed by atoms with E-state index in [2.05, 4.69) is 27.2 Å². The van der Waals surface area contributed by atoms with Gasteiger partial charge in [-0.3, -0.25) is 0 Å². The van der Waals surface area contributed by atoms with Crippen LogP contribution < -0.4 is 10.1 Å². The molecule has 3 nitrogen and oxygen atoms in total. The Kier molecular flexibility index (Phi) is 6.81. The molecule has 0 radical (unpaired) electrons. The summed E-state index contributed by atoms with van der Waals surface area (Å²) in [7, 11) is 0. The molecule has 0 bridgehead atoms. The van der Waals surface area contributed by atoms with Crippen molar-refractivity contribution in [2.45, 2.75) is 25.9 Å². The molecule has 98 valence electrons. The normalized spacial score (nSPS) is 11.9. The number of aliphatic hydroxyl groups is 1. The van der Waals surface area contributed by atoms with E-state index in [9.17, 15) is 0 Å². The lowest BCUT2D eigenvalue weighted by molar-refractivity contribution is 0.268. The molecule has 18 heavy (non-hydrogen) atoms. The summed E-state index contributed by atoms with van der Waals surface area (Å²) in [5, 5.41) is 12.2. The van der Waals surface area contributed by atoms with Gasteiger partial charge in [0.15, 0.2) is 0 Å². The number of halogens is 1. The summed E-state index contributed by atoms with van der Waals surface area (Å²) < 4.78 is 6.49. The molecule has 0 unspecified atom stereocenters. The monoisotopic (exact) mass is 311 g/mol. The maximum Gasteiger partial charge on any atom is 0.148 e. The van der Waals surface area contributed by atoms with Crippen molar-refractivity contribution in [2.24, 2.45) is 0 Å². The number of nitrogens with one attached hydrogen (secondary N) is 1. The fraction of sp³-hybridized carbons (Fsp3) is 0.429. The summed E-state index contributed by atoms with van der Waals surface area (Å²) in [5.41, 5.74) is 1.05. The first-order valence-corrected chi connectivity index (χ1v) is 6.65. The molecule has 2 N–H and O–H groups in total. The second-order valence-corrected chi connectivity index (χ2v) is 4.95. The third-order valence-electron chi connectivity index (χ3n) is 2.54. The zero-order valence-electron chi connectivity index (χ0n) is 10.4. The summed E-state index contributed by atoms with van der Waals surface area (Å²) in [5.74, 6) is 3.25. The summed E-state index contributed by atoms with van der Waals surface area (Å²) in [6.45, 7) is 3.17. The average Bonchev–Trinajstić information content (AvgIpc) is 2.35. The van der Waals surface area contributed by atoms with Gasteiger partial charge in [-0.2, -0.15) is 0 Å². The van der Waals surface area contributed by atoms with Crippen LogP contribution in [0.4, 0.5) is 0 Å². The number of rotatable bonds is 7. The number of hydrogen-bond donors (Lipinski definition) is 2. The Morgan fingerprint density at radius 2 is 2.33 bits per heavy atom. The maximum absolute atomic E-state index is 8.85. The average molecular weight is 312 g/mol. The Bertz CT molecular complexity index is 415. The van der Waals surface area contributed by atoms with Crippen LogP contribution in [0.2, 0.25) is 0 Å². The molecule has 1 aromatic rings. The maximum atomic E-state index is 8.85. The Labute approximate surface area is 117 Å². The number of aliphatic hydroxyl groups excluding tert-OH is 1. The quantitative estimate of drug-likeness (QED) is 0.759. The van der Waals surface area contributed by atoms with Gasteiger partial charge in [-0.25, -0.2) is 0 Å². The minimum Gasteiger partial charge on any atom is -0.481 e. The van der Waals surface area contributed by atoms with Crippen LogP contribution in [0.3, 0.4) is 0 Å². The largest absolute Gasteiger partial charge is 0.481 e. The molecular formula is C14H18BrNO2. The van der Waals surface area contributed by atoms with E-state index < -0.39 is 0 Å². The van der Waals surface area contributed by atoms with Gasteiger partial charge in [-0.15, -0.1) is 6.42 Å². The van der Waals surface area contributed by atoms with Gasteiger partial charge in [0, 0.05) is 29.2 Å². The van der Waals surface area contributed by atoms with Crippen LogP contribution in [-0.2, 0) is 6.54 Å². The first kappa shape index (κ1) is 15.0.